The molecule has 0 atom stereocenters. The van der Waals surface area contributed by atoms with E-state index in [0.29, 0.717) is 31.2 Å². The van der Waals surface area contributed by atoms with Crippen LogP contribution >= 0.6 is 0 Å². The van der Waals surface area contributed by atoms with E-state index in [4.69, 9.17) is 4.74 Å². The monoisotopic (exact) mass is 372 g/mol. The molecule has 0 saturated carbocycles. The molecule has 0 unspecified atom stereocenters. The van der Waals surface area contributed by atoms with Crippen molar-refractivity contribution in [2.24, 2.45) is 5.92 Å². The molecule has 6 heteroatoms. The standard InChI is InChI=1S/C21H32N4O2/c1-14(2)13-25-17(6)19(16(5)24-25)8-9-20(26)22-11-18-7-10-21(23-12-18)27-15(3)4/h7,10,12,14-15H,8-9,11,13H2,1-6H3,(H,22,26). The van der Waals surface area contributed by atoms with Crippen LogP contribution in [-0.2, 0) is 24.3 Å². The van der Waals surface area contributed by atoms with Crippen LogP contribution in [0.3, 0.4) is 0 Å². The largest absolute Gasteiger partial charge is 0.475 e. The molecular weight excluding hydrogens is 340 g/mol. The third kappa shape index (κ3) is 6.38. The van der Waals surface area contributed by atoms with Crippen LogP contribution in [0, 0.1) is 19.8 Å². The van der Waals surface area contributed by atoms with Crippen molar-refractivity contribution in [2.45, 2.75) is 73.6 Å². The Morgan fingerprint density at radius 2 is 1.96 bits per heavy atom. The molecule has 2 aromatic rings. The first-order valence-electron chi connectivity index (χ1n) is 9.67. The molecule has 2 aromatic heterocycles. The van der Waals surface area contributed by atoms with Crippen LogP contribution in [0.1, 0.15) is 56.6 Å². The van der Waals surface area contributed by atoms with Crippen molar-refractivity contribution in [3.63, 3.8) is 0 Å². The lowest BCUT2D eigenvalue weighted by Crippen LogP contribution is -2.23. The van der Waals surface area contributed by atoms with E-state index in [-0.39, 0.29) is 12.0 Å². The van der Waals surface area contributed by atoms with Gasteiger partial charge < -0.3 is 10.1 Å². The minimum atomic E-state index is 0.0351. The average molecular weight is 373 g/mol. The first-order valence-corrected chi connectivity index (χ1v) is 9.67. The summed E-state index contributed by atoms with van der Waals surface area (Å²) in [6, 6.07) is 3.76. The summed E-state index contributed by atoms with van der Waals surface area (Å²) in [5.41, 5.74) is 4.32. The van der Waals surface area contributed by atoms with Gasteiger partial charge in [-0.15, -0.1) is 0 Å². The zero-order chi connectivity index (χ0) is 20.0. The first-order chi connectivity index (χ1) is 12.8. The van der Waals surface area contributed by atoms with Crippen molar-refractivity contribution in [1.82, 2.24) is 20.1 Å². The van der Waals surface area contributed by atoms with Crippen LogP contribution in [0.4, 0.5) is 0 Å². The highest BCUT2D eigenvalue weighted by Gasteiger charge is 2.13. The zero-order valence-electron chi connectivity index (χ0n) is 17.4. The van der Waals surface area contributed by atoms with Crippen molar-refractivity contribution in [2.75, 3.05) is 0 Å². The molecule has 27 heavy (non-hydrogen) atoms. The average Bonchev–Trinajstić information content (AvgIpc) is 2.84. The number of nitrogens with one attached hydrogen (secondary N) is 1. The normalized spacial score (nSPS) is 11.3. The number of pyridine rings is 1. The molecule has 0 aromatic carbocycles. The number of aryl methyl sites for hydroxylation is 1. The van der Waals surface area contributed by atoms with Gasteiger partial charge in [0.15, 0.2) is 0 Å². The van der Waals surface area contributed by atoms with Gasteiger partial charge in [0.25, 0.3) is 0 Å². The van der Waals surface area contributed by atoms with Crippen LogP contribution in [0.5, 0.6) is 5.88 Å². The summed E-state index contributed by atoms with van der Waals surface area (Å²) in [6.07, 6.45) is 3.00. The Hall–Kier alpha value is -2.37. The number of nitrogens with zero attached hydrogens (tertiary/aromatic N) is 3. The van der Waals surface area contributed by atoms with Gasteiger partial charge in [0.2, 0.25) is 11.8 Å². The third-order valence-electron chi connectivity index (χ3n) is 4.32. The maximum absolute atomic E-state index is 12.2. The van der Waals surface area contributed by atoms with Gasteiger partial charge in [0.05, 0.1) is 11.8 Å². The van der Waals surface area contributed by atoms with Gasteiger partial charge in [-0.2, -0.15) is 5.10 Å². The minimum Gasteiger partial charge on any atom is -0.475 e. The van der Waals surface area contributed by atoms with Crippen LogP contribution in [0.2, 0.25) is 0 Å². The number of hydrogen-bond donors (Lipinski definition) is 1. The Balaban J connectivity index is 1.83. The quantitative estimate of drug-likeness (QED) is 0.730. The van der Waals surface area contributed by atoms with Crippen LogP contribution in [0.15, 0.2) is 18.3 Å². The highest BCUT2D eigenvalue weighted by molar-refractivity contribution is 5.76. The molecule has 0 saturated heterocycles. The number of carbonyl (C=O) groups excluding carboxylic acids is 1. The molecule has 0 aliphatic carbocycles. The maximum Gasteiger partial charge on any atom is 0.220 e. The number of rotatable bonds is 9. The summed E-state index contributed by atoms with van der Waals surface area (Å²) in [7, 11) is 0. The first kappa shape index (κ1) is 20.9. The summed E-state index contributed by atoms with van der Waals surface area (Å²) < 4.78 is 7.58. The topological polar surface area (TPSA) is 69.0 Å². The number of carbonyl (C=O) groups is 1. The van der Waals surface area contributed by atoms with Crippen LogP contribution in [-0.4, -0.2) is 26.8 Å². The molecule has 0 fully saturated rings. The lowest BCUT2D eigenvalue weighted by atomic mass is 10.1. The SMILES string of the molecule is Cc1nn(CC(C)C)c(C)c1CCC(=O)NCc1ccc(OC(C)C)nc1. The fourth-order valence-corrected chi connectivity index (χ4v) is 2.97. The van der Waals surface area contributed by atoms with E-state index >= 15 is 0 Å². The number of ether oxygens (including phenoxy) is 1. The van der Waals surface area contributed by atoms with E-state index < -0.39 is 0 Å². The van der Waals surface area contributed by atoms with E-state index in [1.807, 2.05) is 32.9 Å². The van der Waals surface area contributed by atoms with Gasteiger partial charge in [-0.1, -0.05) is 19.9 Å². The van der Waals surface area contributed by atoms with Crippen molar-refractivity contribution < 1.29 is 9.53 Å². The molecule has 2 rings (SSSR count). The summed E-state index contributed by atoms with van der Waals surface area (Å²) in [5.74, 6) is 1.18. The molecule has 0 spiro atoms. The molecule has 6 nitrogen and oxygen atoms in total. The molecule has 0 aliphatic heterocycles. The summed E-state index contributed by atoms with van der Waals surface area (Å²) in [4.78, 5) is 16.5. The van der Waals surface area contributed by atoms with Gasteiger partial charge in [0.1, 0.15) is 0 Å². The Kier molecular flexibility index (Phi) is 7.39. The summed E-state index contributed by atoms with van der Waals surface area (Å²) in [6.45, 7) is 13.8. The molecule has 0 aliphatic rings. The second-order valence-corrected chi connectivity index (χ2v) is 7.67. The van der Waals surface area contributed by atoms with Crippen molar-refractivity contribution in [3.8, 4) is 5.88 Å². The number of amides is 1. The van der Waals surface area contributed by atoms with E-state index in [9.17, 15) is 4.79 Å². The summed E-state index contributed by atoms with van der Waals surface area (Å²) in [5, 5.41) is 7.58. The molecule has 0 bridgehead atoms. The Labute approximate surface area is 162 Å². The molecule has 2 heterocycles. The maximum atomic E-state index is 12.2. The second kappa shape index (κ2) is 9.53. The smallest absolute Gasteiger partial charge is 0.220 e. The van der Waals surface area contributed by atoms with Gasteiger partial charge in [-0.25, -0.2) is 4.98 Å². The van der Waals surface area contributed by atoms with Crippen LogP contribution < -0.4 is 10.1 Å². The van der Waals surface area contributed by atoms with E-state index in [0.717, 1.165) is 17.8 Å². The van der Waals surface area contributed by atoms with Crippen LogP contribution in [0.25, 0.3) is 0 Å². The van der Waals surface area contributed by atoms with Gasteiger partial charge in [-0.3, -0.25) is 9.48 Å². The van der Waals surface area contributed by atoms with Gasteiger partial charge in [0, 0.05) is 37.5 Å². The molecule has 1 N–H and O–H groups in total. The van der Waals surface area contributed by atoms with E-state index in [2.05, 4.69) is 40.9 Å². The van der Waals surface area contributed by atoms with E-state index in [1.165, 1.54) is 11.3 Å². The lowest BCUT2D eigenvalue weighted by Gasteiger charge is -2.10. The predicted molar refractivity (Wildman–Crippen MR) is 107 cm³/mol. The molecular formula is C21H32N4O2. The lowest BCUT2D eigenvalue weighted by molar-refractivity contribution is -0.121. The Bertz CT molecular complexity index is 748. The fourth-order valence-electron chi connectivity index (χ4n) is 2.97. The fraction of sp³-hybridized carbons (Fsp3) is 0.571. The van der Waals surface area contributed by atoms with Gasteiger partial charge in [-0.05, 0) is 51.2 Å². The highest BCUT2D eigenvalue weighted by atomic mass is 16.5. The van der Waals surface area contributed by atoms with Crippen molar-refractivity contribution in [1.29, 1.82) is 0 Å². The summed E-state index contributed by atoms with van der Waals surface area (Å²) >= 11 is 0. The molecule has 148 valence electrons. The van der Waals surface area contributed by atoms with E-state index in [1.54, 1.807) is 6.20 Å². The predicted octanol–water partition coefficient (Wildman–Crippen LogP) is 3.59. The zero-order valence-corrected chi connectivity index (χ0v) is 17.4. The third-order valence-corrected chi connectivity index (χ3v) is 4.32. The second-order valence-electron chi connectivity index (χ2n) is 7.67. The van der Waals surface area contributed by atoms with Gasteiger partial charge >= 0.3 is 0 Å². The van der Waals surface area contributed by atoms with Crippen molar-refractivity contribution >= 4 is 5.91 Å². The highest BCUT2D eigenvalue weighted by Crippen LogP contribution is 2.16. The molecule has 0 radical (unpaired) electrons. The van der Waals surface area contributed by atoms with Crippen molar-refractivity contribution in [3.05, 3.63) is 40.8 Å². The molecule has 1 amide bonds. The Morgan fingerprint density at radius 3 is 2.56 bits per heavy atom. The number of aromatic nitrogens is 3. The number of hydrogen-bond acceptors (Lipinski definition) is 4. The Morgan fingerprint density at radius 1 is 1.22 bits per heavy atom. The minimum absolute atomic E-state index is 0.0351.